The second kappa shape index (κ2) is 5.31. The first-order chi connectivity index (χ1) is 8.53. The number of anilines is 1. The van der Waals surface area contributed by atoms with E-state index in [0.717, 1.165) is 5.92 Å². The molecule has 0 radical (unpaired) electrons. The Morgan fingerprint density at radius 3 is 2.22 bits per heavy atom. The lowest BCUT2D eigenvalue weighted by Crippen LogP contribution is -2.33. The maximum Gasteiger partial charge on any atom is 0.0366 e. The molecule has 0 aromatic heterocycles. The summed E-state index contributed by atoms with van der Waals surface area (Å²) in [7, 11) is 0. The predicted molar refractivity (Wildman–Crippen MR) is 79.1 cm³/mol. The lowest BCUT2D eigenvalue weighted by atomic mass is 9.85. The van der Waals surface area contributed by atoms with Crippen molar-refractivity contribution in [2.45, 2.75) is 39.0 Å². The van der Waals surface area contributed by atoms with Crippen LogP contribution >= 0.6 is 0 Å². The maximum absolute atomic E-state index is 5.82. The fourth-order valence-corrected chi connectivity index (χ4v) is 2.51. The Bertz CT molecular complexity index is 373. The van der Waals surface area contributed by atoms with E-state index in [4.69, 9.17) is 5.73 Å². The van der Waals surface area contributed by atoms with Crippen molar-refractivity contribution in [3.05, 3.63) is 29.8 Å². The Hall–Kier alpha value is -1.02. The first-order valence-corrected chi connectivity index (χ1v) is 7.08. The van der Waals surface area contributed by atoms with Crippen molar-refractivity contribution < 1.29 is 0 Å². The van der Waals surface area contributed by atoms with Gasteiger partial charge in [0.2, 0.25) is 0 Å². The van der Waals surface area contributed by atoms with E-state index >= 15 is 0 Å². The topological polar surface area (TPSA) is 29.3 Å². The Morgan fingerprint density at radius 2 is 1.72 bits per heavy atom. The van der Waals surface area contributed by atoms with Crippen LogP contribution in [-0.4, -0.2) is 19.6 Å². The van der Waals surface area contributed by atoms with E-state index in [1.54, 1.807) is 0 Å². The summed E-state index contributed by atoms with van der Waals surface area (Å²) in [4.78, 5) is 2.50. The fraction of sp³-hybridized carbons (Fsp3) is 0.625. The third-order valence-electron chi connectivity index (χ3n) is 4.31. The van der Waals surface area contributed by atoms with Crippen LogP contribution in [0.25, 0.3) is 0 Å². The van der Waals surface area contributed by atoms with Gasteiger partial charge in [0.15, 0.2) is 0 Å². The van der Waals surface area contributed by atoms with E-state index in [-0.39, 0.29) is 5.41 Å². The number of piperidine rings is 1. The van der Waals surface area contributed by atoms with Crippen molar-refractivity contribution in [2.75, 3.05) is 24.5 Å². The molecule has 2 N–H and O–H groups in total. The second-order valence-electron chi connectivity index (χ2n) is 6.30. The zero-order valence-corrected chi connectivity index (χ0v) is 11.9. The van der Waals surface area contributed by atoms with Gasteiger partial charge in [-0.1, -0.05) is 32.9 Å². The molecule has 0 unspecified atom stereocenters. The highest BCUT2D eigenvalue weighted by atomic mass is 15.1. The highest BCUT2D eigenvalue weighted by molar-refractivity contribution is 5.49. The number of nitrogens with two attached hydrogens (primary N) is 1. The van der Waals surface area contributed by atoms with Crippen molar-refractivity contribution in [1.29, 1.82) is 0 Å². The third kappa shape index (κ3) is 2.86. The number of nitrogens with zero attached hydrogens (tertiary/aromatic N) is 1. The van der Waals surface area contributed by atoms with Gasteiger partial charge in [-0.15, -0.1) is 0 Å². The molecule has 1 fully saturated rings. The minimum Gasteiger partial charge on any atom is -0.372 e. The molecule has 0 amide bonds. The molecule has 1 aromatic carbocycles. The van der Waals surface area contributed by atoms with Gasteiger partial charge in [-0.2, -0.15) is 0 Å². The van der Waals surface area contributed by atoms with Gasteiger partial charge in [0.05, 0.1) is 0 Å². The van der Waals surface area contributed by atoms with Gasteiger partial charge in [0, 0.05) is 30.7 Å². The molecule has 0 bridgehead atoms. The molecule has 1 saturated heterocycles. The Labute approximate surface area is 111 Å². The number of rotatable bonds is 3. The number of hydrogen-bond acceptors (Lipinski definition) is 2. The van der Waals surface area contributed by atoms with Crippen molar-refractivity contribution >= 4 is 5.69 Å². The number of hydrogen-bond donors (Lipinski definition) is 1. The fourth-order valence-electron chi connectivity index (χ4n) is 2.51. The second-order valence-corrected chi connectivity index (χ2v) is 6.30. The molecular weight excluding hydrogens is 220 g/mol. The molecule has 1 aliphatic rings. The van der Waals surface area contributed by atoms with Crippen LogP contribution < -0.4 is 10.6 Å². The van der Waals surface area contributed by atoms with Gasteiger partial charge < -0.3 is 10.6 Å². The standard InChI is InChI=1S/C16H26N2/c1-13-8-10-18(11-9-13)15-6-4-14(5-7-15)16(2,3)12-17/h4-7,13H,8-12,17H2,1-3H3. The first-order valence-electron chi connectivity index (χ1n) is 7.08. The van der Waals surface area contributed by atoms with Gasteiger partial charge in [-0.3, -0.25) is 0 Å². The Morgan fingerprint density at radius 1 is 1.17 bits per heavy atom. The normalized spacial score (nSPS) is 18.1. The van der Waals surface area contributed by atoms with E-state index in [1.165, 1.54) is 37.2 Å². The van der Waals surface area contributed by atoms with Crippen molar-refractivity contribution in [1.82, 2.24) is 0 Å². The van der Waals surface area contributed by atoms with Crippen LogP contribution in [0.4, 0.5) is 5.69 Å². The average molecular weight is 246 g/mol. The predicted octanol–water partition coefficient (Wildman–Crippen LogP) is 3.16. The van der Waals surface area contributed by atoms with Gasteiger partial charge >= 0.3 is 0 Å². The van der Waals surface area contributed by atoms with E-state index in [2.05, 4.69) is 49.9 Å². The Kier molecular flexibility index (Phi) is 3.96. The zero-order valence-electron chi connectivity index (χ0n) is 11.9. The monoisotopic (exact) mass is 246 g/mol. The molecule has 100 valence electrons. The molecule has 0 atom stereocenters. The van der Waals surface area contributed by atoms with Gasteiger partial charge in [0.1, 0.15) is 0 Å². The van der Waals surface area contributed by atoms with Crippen LogP contribution in [-0.2, 0) is 5.41 Å². The average Bonchev–Trinajstić information content (AvgIpc) is 2.40. The lowest BCUT2D eigenvalue weighted by Gasteiger charge is -2.32. The van der Waals surface area contributed by atoms with E-state index < -0.39 is 0 Å². The van der Waals surface area contributed by atoms with Crippen LogP contribution in [0, 0.1) is 5.92 Å². The SMILES string of the molecule is CC1CCN(c2ccc(C(C)(C)CN)cc2)CC1. The molecule has 2 nitrogen and oxygen atoms in total. The molecule has 0 spiro atoms. The maximum atomic E-state index is 5.82. The van der Waals surface area contributed by atoms with Crippen LogP contribution in [0.2, 0.25) is 0 Å². The van der Waals surface area contributed by atoms with E-state index in [1.807, 2.05) is 0 Å². The van der Waals surface area contributed by atoms with Gasteiger partial charge in [-0.05, 0) is 36.5 Å². The summed E-state index contributed by atoms with van der Waals surface area (Å²) < 4.78 is 0. The summed E-state index contributed by atoms with van der Waals surface area (Å²) in [6, 6.07) is 8.98. The molecule has 1 aromatic rings. The minimum atomic E-state index is 0.0783. The van der Waals surface area contributed by atoms with Gasteiger partial charge in [0.25, 0.3) is 0 Å². The summed E-state index contributed by atoms with van der Waals surface area (Å²) in [5.41, 5.74) is 8.59. The van der Waals surface area contributed by atoms with E-state index in [9.17, 15) is 0 Å². The smallest absolute Gasteiger partial charge is 0.0366 e. The molecule has 1 aliphatic heterocycles. The largest absolute Gasteiger partial charge is 0.372 e. The summed E-state index contributed by atoms with van der Waals surface area (Å²) in [5, 5.41) is 0. The van der Waals surface area contributed by atoms with Crippen molar-refractivity contribution in [3.8, 4) is 0 Å². The quantitative estimate of drug-likeness (QED) is 0.887. The third-order valence-corrected chi connectivity index (χ3v) is 4.31. The summed E-state index contributed by atoms with van der Waals surface area (Å²) in [6.45, 7) is 9.83. The van der Waals surface area contributed by atoms with Crippen molar-refractivity contribution in [2.24, 2.45) is 11.7 Å². The van der Waals surface area contributed by atoms with Crippen LogP contribution in [0.15, 0.2) is 24.3 Å². The minimum absolute atomic E-state index is 0.0783. The highest BCUT2D eigenvalue weighted by Crippen LogP contribution is 2.27. The van der Waals surface area contributed by atoms with Crippen LogP contribution in [0.3, 0.4) is 0 Å². The molecule has 0 aliphatic carbocycles. The molecule has 2 rings (SSSR count). The molecule has 0 saturated carbocycles. The highest BCUT2D eigenvalue weighted by Gasteiger charge is 2.19. The molecule has 2 heteroatoms. The van der Waals surface area contributed by atoms with E-state index in [0.29, 0.717) is 6.54 Å². The number of benzene rings is 1. The first kappa shape index (κ1) is 13.4. The van der Waals surface area contributed by atoms with Crippen molar-refractivity contribution in [3.63, 3.8) is 0 Å². The summed E-state index contributed by atoms with van der Waals surface area (Å²) in [6.07, 6.45) is 2.63. The molecule has 18 heavy (non-hydrogen) atoms. The summed E-state index contributed by atoms with van der Waals surface area (Å²) >= 11 is 0. The van der Waals surface area contributed by atoms with Gasteiger partial charge in [-0.25, -0.2) is 0 Å². The van der Waals surface area contributed by atoms with Crippen LogP contribution in [0.5, 0.6) is 0 Å². The Balaban J connectivity index is 2.08. The lowest BCUT2D eigenvalue weighted by molar-refractivity contribution is 0.438. The van der Waals surface area contributed by atoms with Crippen LogP contribution in [0.1, 0.15) is 39.2 Å². The zero-order chi connectivity index (χ0) is 13.2. The molecule has 1 heterocycles. The summed E-state index contributed by atoms with van der Waals surface area (Å²) in [5.74, 6) is 0.886. The molecular formula is C16H26N2.